The van der Waals surface area contributed by atoms with Crippen LogP contribution in [-0.4, -0.2) is 50.0 Å². The molecule has 1 aliphatic heterocycles. The minimum absolute atomic E-state index is 0.0229. The van der Waals surface area contributed by atoms with Gasteiger partial charge in [0.05, 0.1) is 18.0 Å². The van der Waals surface area contributed by atoms with E-state index in [1.165, 1.54) is 16.4 Å². The van der Waals surface area contributed by atoms with Crippen LogP contribution in [0.4, 0.5) is 0 Å². The Hall–Kier alpha value is -2.34. The van der Waals surface area contributed by atoms with Crippen LogP contribution in [0.3, 0.4) is 0 Å². The van der Waals surface area contributed by atoms with Gasteiger partial charge in [-0.15, -0.1) is 0 Å². The highest BCUT2D eigenvalue weighted by Crippen LogP contribution is 2.24. The highest BCUT2D eigenvalue weighted by Gasteiger charge is 2.30. The Morgan fingerprint density at radius 3 is 2.56 bits per heavy atom. The van der Waals surface area contributed by atoms with Crippen molar-refractivity contribution >= 4 is 5.91 Å². The highest BCUT2D eigenvalue weighted by molar-refractivity contribution is 5.95. The molecule has 0 radical (unpaired) electrons. The molecule has 1 amide bonds. The fraction of sp³-hybridized carbons (Fsp3) is 0.474. The molecule has 2 N–H and O–H groups in total. The van der Waals surface area contributed by atoms with Crippen LogP contribution < -0.4 is 0 Å². The fourth-order valence-electron chi connectivity index (χ4n) is 3.04. The van der Waals surface area contributed by atoms with Gasteiger partial charge in [0.2, 0.25) is 0 Å². The Kier molecular flexibility index (Phi) is 4.81. The topological polar surface area (TPSA) is 78.6 Å². The van der Waals surface area contributed by atoms with Crippen molar-refractivity contribution in [3.63, 3.8) is 0 Å². The Bertz CT molecular complexity index is 752. The van der Waals surface area contributed by atoms with Gasteiger partial charge in [0.25, 0.3) is 5.91 Å². The standard InChI is InChI=1S/C19H25N3O3/c1-12(2)14-4-6-15(7-5-14)22-11-17(24)18(20-22)19(25)21-9-8-13(3)16(23)10-21/h4-7,11-13,16,23-24H,8-10H2,1-3H3. The van der Waals surface area contributed by atoms with E-state index in [1.807, 2.05) is 31.2 Å². The van der Waals surface area contributed by atoms with Crippen LogP contribution in [0.25, 0.3) is 5.69 Å². The molecule has 3 rings (SSSR count). The number of hydrogen-bond donors (Lipinski definition) is 2. The SMILES string of the molecule is CC(C)c1ccc(-n2cc(O)c(C(=O)N3CCC(C)C(O)C3)n2)cc1. The third kappa shape index (κ3) is 3.54. The lowest BCUT2D eigenvalue weighted by Gasteiger charge is -2.33. The van der Waals surface area contributed by atoms with Crippen LogP contribution >= 0.6 is 0 Å². The smallest absolute Gasteiger partial charge is 0.278 e. The lowest BCUT2D eigenvalue weighted by Crippen LogP contribution is -2.46. The Balaban J connectivity index is 1.81. The normalized spacial score (nSPS) is 20.9. The van der Waals surface area contributed by atoms with Gasteiger partial charge in [0.15, 0.2) is 11.4 Å². The Labute approximate surface area is 147 Å². The van der Waals surface area contributed by atoms with Crippen LogP contribution in [-0.2, 0) is 0 Å². The first-order valence-electron chi connectivity index (χ1n) is 8.73. The molecule has 1 fully saturated rings. The van der Waals surface area contributed by atoms with Gasteiger partial charge < -0.3 is 15.1 Å². The van der Waals surface area contributed by atoms with Gasteiger partial charge in [-0.25, -0.2) is 4.68 Å². The second kappa shape index (κ2) is 6.88. The number of nitrogens with zero attached hydrogens (tertiary/aromatic N) is 3. The summed E-state index contributed by atoms with van der Waals surface area (Å²) in [6.07, 6.45) is 1.65. The van der Waals surface area contributed by atoms with Gasteiger partial charge >= 0.3 is 0 Å². The molecule has 2 unspecified atom stereocenters. The molecule has 6 heteroatoms. The van der Waals surface area contributed by atoms with Gasteiger partial charge in [0.1, 0.15) is 0 Å². The third-order valence-electron chi connectivity index (χ3n) is 4.93. The average Bonchev–Trinajstić information content (AvgIpc) is 2.98. The van der Waals surface area contributed by atoms with Crippen LogP contribution in [0, 0.1) is 5.92 Å². The largest absolute Gasteiger partial charge is 0.504 e. The molecule has 1 saturated heterocycles. The number of benzene rings is 1. The van der Waals surface area contributed by atoms with Crippen molar-refractivity contribution in [3.8, 4) is 11.4 Å². The van der Waals surface area contributed by atoms with Gasteiger partial charge in [0, 0.05) is 13.1 Å². The maximum atomic E-state index is 12.6. The first-order valence-corrected chi connectivity index (χ1v) is 8.73. The number of hydrogen-bond acceptors (Lipinski definition) is 4. The second-order valence-electron chi connectivity index (χ2n) is 7.14. The molecule has 1 aliphatic rings. The summed E-state index contributed by atoms with van der Waals surface area (Å²) in [5, 5.41) is 24.4. The van der Waals surface area contributed by atoms with E-state index in [0.29, 0.717) is 12.5 Å². The molecule has 0 bridgehead atoms. The van der Waals surface area contributed by atoms with Gasteiger partial charge in [-0.2, -0.15) is 5.10 Å². The maximum absolute atomic E-state index is 12.6. The van der Waals surface area contributed by atoms with Crippen LogP contribution in [0.15, 0.2) is 30.5 Å². The predicted molar refractivity (Wildman–Crippen MR) is 95.0 cm³/mol. The molecule has 1 aromatic carbocycles. The molecular formula is C19H25N3O3. The van der Waals surface area contributed by atoms with Crippen molar-refractivity contribution in [2.75, 3.05) is 13.1 Å². The van der Waals surface area contributed by atoms with Crippen LogP contribution in [0.2, 0.25) is 0 Å². The minimum atomic E-state index is -0.537. The van der Waals surface area contributed by atoms with Crippen molar-refractivity contribution in [2.24, 2.45) is 5.92 Å². The maximum Gasteiger partial charge on any atom is 0.278 e. The molecule has 0 spiro atoms. The lowest BCUT2D eigenvalue weighted by atomic mass is 9.96. The van der Waals surface area contributed by atoms with E-state index in [0.717, 1.165) is 12.1 Å². The number of aromatic hydroxyl groups is 1. The summed E-state index contributed by atoms with van der Waals surface area (Å²) in [5.41, 5.74) is 2.02. The molecule has 134 valence electrons. The van der Waals surface area contributed by atoms with Crippen molar-refractivity contribution in [3.05, 3.63) is 41.7 Å². The van der Waals surface area contributed by atoms with Gasteiger partial charge in [-0.05, 0) is 36.0 Å². The number of β-amino-alcohol motifs (C(OH)–C–C–N with tert-alkyl or cyclic N) is 1. The molecule has 6 nitrogen and oxygen atoms in total. The summed E-state index contributed by atoms with van der Waals surface area (Å²) in [4.78, 5) is 14.2. The number of piperidine rings is 1. The van der Waals surface area contributed by atoms with E-state index >= 15 is 0 Å². The molecule has 2 aromatic rings. The van der Waals surface area contributed by atoms with E-state index in [9.17, 15) is 15.0 Å². The van der Waals surface area contributed by atoms with E-state index in [-0.39, 0.29) is 29.8 Å². The van der Waals surface area contributed by atoms with Crippen LogP contribution in [0.5, 0.6) is 5.75 Å². The van der Waals surface area contributed by atoms with E-state index < -0.39 is 6.10 Å². The van der Waals surface area contributed by atoms with Crippen molar-refractivity contribution in [2.45, 2.75) is 39.2 Å². The summed E-state index contributed by atoms with van der Waals surface area (Å²) >= 11 is 0. The van der Waals surface area contributed by atoms with Crippen molar-refractivity contribution in [1.82, 2.24) is 14.7 Å². The lowest BCUT2D eigenvalue weighted by molar-refractivity contribution is 0.0243. The molecule has 0 saturated carbocycles. The number of aliphatic hydroxyl groups excluding tert-OH is 1. The van der Waals surface area contributed by atoms with E-state index in [4.69, 9.17) is 0 Å². The second-order valence-corrected chi connectivity index (χ2v) is 7.14. The first-order chi connectivity index (χ1) is 11.9. The Morgan fingerprint density at radius 2 is 1.96 bits per heavy atom. The van der Waals surface area contributed by atoms with Crippen molar-refractivity contribution < 1.29 is 15.0 Å². The molecule has 2 heterocycles. The summed E-state index contributed by atoms with van der Waals surface area (Å²) in [6.45, 7) is 7.06. The zero-order valence-corrected chi connectivity index (χ0v) is 14.9. The quantitative estimate of drug-likeness (QED) is 0.898. The number of aromatic nitrogens is 2. The fourth-order valence-corrected chi connectivity index (χ4v) is 3.04. The zero-order valence-electron chi connectivity index (χ0n) is 14.9. The summed E-state index contributed by atoms with van der Waals surface area (Å²) in [6, 6.07) is 7.87. The highest BCUT2D eigenvalue weighted by atomic mass is 16.3. The third-order valence-corrected chi connectivity index (χ3v) is 4.93. The van der Waals surface area contributed by atoms with Gasteiger partial charge in [-0.3, -0.25) is 4.79 Å². The number of aliphatic hydroxyl groups is 1. The van der Waals surface area contributed by atoms with E-state index in [2.05, 4.69) is 18.9 Å². The molecular weight excluding hydrogens is 318 g/mol. The van der Waals surface area contributed by atoms with Crippen molar-refractivity contribution in [1.29, 1.82) is 0 Å². The minimum Gasteiger partial charge on any atom is -0.504 e. The number of amides is 1. The monoisotopic (exact) mass is 343 g/mol. The Morgan fingerprint density at radius 1 is 1.28 bits per heavy atom. The zero-order chi connectivity index (χ0) is 18.1. The summed E-state index contributed by atoms with van der Waals surface area (Å²) < 4.78 is 1.51. The van der Waals surface area contributed by atoms with E-state index in [1.54, 1.807) is 4.90 Å². The number of rotatable bonds is 3. The van der Waals surface area contributed by atoms with Gasteiger partial charge in [-0.1, -0.05) is 32.9 Å². The number of carbonyl (C=O) groups excluding carboxylic acids is 1. The first kappa shape index (κ1) is 17.5. The average molecular weight is 343 g/mol. The number of carbonyl (C=O) groups is 1. The molecule has 1 aromatic heterocycles. The molecule has 0 aliphatic carbocycles. The number of likely N-dealkylation sites (tertiary alicyclic amines) is 1. The molecule has 2 atom stereocenters. The van der Waals surface area contributed by atoms with Crippen LogP contribution in [0.1, 0.15) is 49.2 Å². The predicted octanol–water partition coefficient (Wildman–Crippen LogP) is 2.54. The summed E-state index contributed by atoms with van der Waals surface area (Å²) in [5.74, 6) is 0.117. The summed E-state index contributed by atoms with van der Waals surface area (Å²) in [7, 11) is 0. The molecule has 25 heavy (non-hydrogen) atoms.